The minimum absolute atomic E-state index is 0.315. The molecule has 2 unspecified atom stereocenters. The highest BCUT2D eigenvalue weighted by atomic mass is 16.5. The molecule has 0 fully saturated rings. The van der Waals surface area contributed by atoms with Crippen LogP contribution >= 0.6 is 0 Å². The molecule has 3 nitrogen and oxygen atoms in total. The highest BCUT2D eigenvalue weighted by molar-refractivity contribution is 5.74. The molecule has 0 bridgehead atoms. The summed E-state index contributed by atoms with van der Waals surface area (Å²) in [6.07, 6.45) is 2.52. The van der Waals surface area contributed by atoms with E-state index >= 15 is 0 Å². The number of ether oxygens (including phenoxy) is 1. The Morgan fingerprint density at radius 3 is 2.47 bits per heavy atom. The van der Waals surface area contributed by atoms with Gasteiger partial charge in [-0.3, -0.25) is 4.79 Å². The third-order valence-corrected chi connectivity index (χ3v) is 3.45. The predicted octanol–water partition coefficient (Wildman–Crippen LogP) is 3.26. The molecule has 0 radical (unpaired) electrons. The molecule has 0 aliphatic rings. The first-order chi connectivity index (χ1) is 9.04. The molecular formula is C16H24O3. The topological polar surface area (TPSA) is 46.5 Å². The van der Waals surface area contributed by atoms with Gasteiger partial charge in [-0.15, -0.1) is 0 Å². The molecule has 0 heterocycles. The normalized spacial score (nSPS) is 15.6. The molecule has 0 aliphatic heterocycles. The van der Waals surface area contributed by atoms with Gasteiger partial charge in [-0.25, -0.2) is 0 Å². The van der Waals surface area contributed by atoms with Crippen molar-refractivity contribution in [1.29, 1.82) is 0 Å². The number of esters is 1. The van der Waals surface area contributed by atoms with E-state index in [1.807, 2.05) is 30.3 Å². The monoisotopic (exact) mass is 264 g/mol. The molecule has 1 aromatic carbocycles. The molecule has 0 aromatic heterocycles. The van der Waals surface area contributed by atoms with Gasteiger partial charge in [0.05, 0.1) is 12.5 Å². The van der Waals surface area contributed by atoms with E-state index in [2.05, 4.69) is 6.92 Å². The van der Waals surface area contributed by atoms with Gasteiger partial charge in [0.15, 0.2) is 0 Å². The van der Waals surface area contributed by atoms with Crippen LogP contribution in [0.1, 0.15) is 45.6 Å². The largest absolute Gasteiger partial charge is 0.466 e. The number of aliphatic hydroxyl groups is 1. The van der Waals surface area contributed by atoms with Crippen molar-refractivity contribution in [3.63, 3.8) is 0 Å². The second-order valence-corrected chi connectivity index (χ2v) is 4.96. The maximum atomic E-state index is 12.1. The lowest BCUT2D eigenvalue weighted by Crippen LogP contribution is -2.38. The van der Waals surface area contributed by atoms with Gasteiger partial charge in [-0.05, 0) is 25.8 Å². The highest BCUT2D eigenvalue weighted by Gasteiger charge is 2.39. The van der Waals surface area contributed by atoms with Crippen molar-refractivity contribution in [2.24, 2.45) is 5.92 Å². The third kappa shape index (κ3) is 4.06. The Labute approximate surface area is 115 Å². The van der Waals surface area contributed by atoms with E-state index in [-0.39, 0.29) is 5.97 Å². The van der Waals surface area contributed by atoms with Gasteiger partial charge in [0.2, 0.25) is 0 Å². The molecule has 0 saturated heterocycles. The van der Waals surface area contributed by atoms with Crippen molar-refractivity contribution in [3.8, 4) is 0 Å². The van der Waals surface area contributed by atoms with Gasteiger partial charge in [0.25, 0.3) is 0 Å². The van der Waals surface area contributed by atoms with Crippen LogP contribution in [0.25, 0.3) is 0 Å². The van der Waals surface area contributed by atoms with Gasteiger partial charge in [0.1, 0.15) is 5.60 Å². The minimum atomic E-state index is -1.19. The first-order valence-corrected chi connectivity index (χ1v) is 6.98. The average Bonchev–Trinajstić information content (AvgIpc) is 2.40. The van der Waals surface area contributed by atoms with Crippen molar-refractivity contribution in [2.75, 3.05) is 6.61 Å². The number of carbonyl (C=O) groups excluding carboxylic acids is 1. The van der Waals surface area contributed by atoms with Crippen molar-refractivity contribution in [2.45, 2.75) is 45.6 Å². The van der Waals surface area contributed by atoms with E-state index in [9.17, 15) is 9.90 Å². The van der Waals surface area contributed by atoms with E-state index < -0.39 is 11.5 Å². The second-order valence-electron chi connectivity index (χ2n) is 4.96. The van der Waals surface area contributed by atoms with E-state index in [4.69, 9.17) is 4.74 Å². The standard InChI is InChI=1S/C16H24O3/c1-4-6-12-14(15(17)19-5-2)16(3,18)13-10-8-7-9-11-13/h7-11,14,18H,4-6,12H2,1-3H3. The van der Waals surface area contributed by atoms with Crippen LogP contribution in [0.2, 0.25) is 0 Å². The molecule has 0 amide bonds. The fourth-order valence-electron chi connectivity index (χ4n) is 2.26. The lowest BCUT2D eigenvalue weighted by atomic mass is 9.80. The van der Waals surface area contributed by atoms with Crippen molar-refractivity contribution in [1.82, 2.24) is 0 Å². The molecule has 1 N–H and O–H groups in total. The van der Waals surface area contributed by atoms with Crippen LogP contribution in [0.15, 0.2) is 30.3 Å². The Bertz CT molecular complexity index is 384. The highest BCUT2D eigenvalue weighted by Crippen LogP contribution is 2.33. The second kappa shape index (κ2) is 7.29. The first-order valence-electron chi connectivity index (χ1n) is 6.98. The quantitative estimate of drug-likeness (QED) is 0.769. The number of hydrogen-bond acceptors (Lipinski definition) is 3. The maximum absolute atomic E-state index is 12.1. The van der Waals surface area contributed by atoms with Gasteiger partial charge in [-0.1, -0.05) is 50.1 Å². The first kappa shape index (κ1) is 15.7. The van der Waals surface area contributed by atoms with Crippen LogP contribution in [0.3, 0.4) is 0 Å². The molecular weight excluding hydrogens is 240 g/mol. The lowest BCUT2D eigenvalue weighted by molar-refractivity contribution is -0.158. The fraction of sp³-hybridized carbons (Fsp3) is 0.562. The number of hydrogen-bond donors (Lipinski definition) is 1. The van der Waals surface area contributed by atoms with Gasteiger partial charge < -0.3 is 9.84 Å². The molecule has 2 atom stereocenters. The third-order valence-electron chi connectivity index (χ3n) is 3.45. The summed E-state index contributed by atoms with van der Waals surface area (Å²) in [6, 6.07) is 9.32. The number of benzene rings is 1. The van der Waals surface area contributed by atoms with Crippen molar-refractivity contribution < 1.29 is 14.6 Å². The summed E-state index contributed by atoms with van der Waals surface area (Å²) >= 11 is 0. The van der Waals surface area contributed by atoms with Crippen LogP contribution in [-0.4, -0.2) is 17.7 Å². The molecule has 3 heteroatoms. The summed E-state index contributed by atoms with van der Waals surface area (Å²) in [6.45, 7) is 5.89. The zero-order valence-corrected chi connectivity index (χ0v) is 12.1. The Hall–Kier alpha value is -1.35. The zero-order valence-electron chi connectivity index (χ0n) is 12.1. The van der Waals surface area contributed by atoms with Crippen molar-refractivity contribution in [3.05, 3.63) is 35.9 Å². The maximum Gasteiger partial charge on any atom is 0.312 e. The van der Waals surface area contributed by atoms with Crippen LogP contribution in [0.4, 0.5) is 0 Å². The summed E-state index contributed by atoms with van der Waals surface area (Å²) in [5.74, 6) is -0.834. The van der Waals surface area contributed by atoms with Crippen molar-refractivity contribution >= 4 is 5.97 Å². The molecule has 106 valence electrons. The van der Waals surface area contributed by atoms with Crippen LogP contribution < -0.4 is 0 Å². The molecule has 0 spiro atoms. The van der Waals surface area contributed by atoms with Gasteiger partial charge in [0, 0.05) is 0 Å². The van der Waals surface area contributed by atoms with Gasteiger partial charge in [-0.2, -0.15) is 0 Å². The van der Waals surface area contributed by atoms with Crippen LogP contribution in [0, 0.1) is 5.92 Å². The smallest absolute Gasteiger partial charge is 0.312 e. The Morgan fingerprint density at radius 1 is 1.32 bits per heavy atom. The predicted molar refractivity (Wildman–Crippen MR) is 75.7 cm³/mol. The number of rotatable bonds is 7. The van der Waals surface area contributed by atoms with E-state index in [1.54, 1.807) is 13.8 Å². The minimum Gasteiger partial charge on any atom is -0.466 e. The van der Waals surface area contributed by atoms with Crippen LogP contribution in [0.5, 0.6) is 0 Å². The van der Waals surface area contributed by atoms with E-state index in [0.717, 1.165) is 18.4 Å². The SMILES string of the molecule is CCCCC(C(=O)OCC)C(C)(O)c1ccccc1. The molecule has 0 saturated carbocycles. The molecule has 1 aromatic rings. The zero-order chi connectivity index (χ0) is 14.3. The van der Waals surface area contributed by atoms with Crippen LogP contribution in [-0.2, 0) is 15.1 Å². The van der Waals surface area contributed by atoms with Gasteiger partial charge >= 0.3 is 5.97 Å². The average molecular weight is 264 g/mol. The Morgan fingerprint density at radius 2 is 1.95 bits per heavy atom. The lowest BCUT2D eigenvalue weighted by Gasteiger charge is -2.31. The summed E-state index contributed by atoms with van der Waals surface area (Å²) in [7, 11) is 0. The van der Waals surface area contributed by atoms with E-state index in [0.29, 0.717) is 13.0 Å². The summed E-state index contributed by atoms with van der Waals surface area (Å²) < 4.78 is 5.11. The molecule has 1 rings (SSSR count). The molecule has 0 aliphatic carbocycles. The van der Waals surface area contributed by atoms with E-state index in [1.165, 1.54) is 0 Å². The fourth-order valence-corrected chi connectivity index (χ4v) is 2.26. The summed E-state index contributed by atoms with van der Waals surface area (Å²) in [5.41, 5.74) is -0.438. The molecule has 19 heavy (non-hydrogen) atoms. The number of carbonyl (C=O) groups is 1. The summed E-state index contributed by atoms with van der Waals surface area (Å²) in [4.78, 5) is 12.1. The number of unbranched alkanes of at least 4 members (excludes halogenated alkanes) is 1. The Kier molecular flexibility index (Phi) is 6.03. The summed E-state index contributed by atoms with van der Waals surface area (Å²) in [5, 5.41) is 10.8. The Balaban J connectivity index is 2.97.